The van der Waals surface area contributed by atoms with Gasteiger partial charge in [-0.1, -0.05) is 12.1 Å². The predicted octanol–water partition coefficient (Wildman–Crippen LogP) is 1.57. The molecule has 2 saturated heterocycles. The van der Waals surface area contributed by atoms with Crippen LogP contribution < -0.4 is 5.32 Å². The third-order valence-corrected chi connectivity index (χ3v) is 5.73. The average molecular weight is 390 g/mol. The quantitative estimate of drug-likeness (QED) is 0.614. The molecule has 1 unspecified atom stereocenters. The first-order valence-corrected chi connectivity index (χ1v) is 10.3. The first kappa shape index (κ1) is 20.6. The lowest BCUT2D eigenvalue weighted by Gasteiger charge is -2.39. The lowest BCUT2D eigenvalue weighted by atomic mass is 10.1. The highest BCUT2D eigenvalue weighted by Crippen LogP contribution is 2.14. The smallest absolute Gasteiger partial charge is 0.239 e. The fourth-order valence-electron chi connectivity index (χ4n) is 4.02. The van der Waals surface area contributed by atoms with Crippen molar-refractivity contribution in [1.82, 2.24) is 20.0 Å². The van der Waals surface area contributed by atoms with E-state index in [1.165, 1.54) is 6.07 Å². The lowest BCUT2D eigenvalue weighted by molar-refractivity contribution is -0.135. The monoisotopic (exact) mass is 389 g/mol. The van der Waals surface area contributed by atoms with Crippen molar-refractivity contribution in [1.29, 1.82) is 0 Å². The highest BCUT2D eigenvalue weighted by molar-refractivity contribution is 5.82. The van der Waals surface area contributed by atoms with Crippen molar-refractivity contribution in [3.05, 3.63) is 35.6 Å². The minimum absolute atomic E-state index is 0.0526. The molecule has 0 bridgehead atoms. The van der Waals surface area contributed by atoms with Crippen molar-refractivity contribution < 1.29 is 9.18 Å². The summed E-state index contributed by atoms with van der Waals surface area (Å²) in [5.74, 6) is 0.939. The molecule has 1 aromatic carbocycles. The molecule has 1 aromatic rings. The second-order valence-corrected chi connectivity index (χ2v) is 7.59. The Morgan fingerprint density at radius 3 is 2.50 bits per heavy atom. The van der Waals surface area contributed by atoms with E-state index in [4.69, 9.17) is 0 Å². The van der Waals surface area contributed by atoms with E-state index >= 15 is 0 Å². The summed E-state index contributed by atoms with van der Waals surface area (Å²) in [5, 5.41) is 3.38. The number of halogens is 1. The van der Waals surface area contributed by atoms with Gasteiger partial charge >= 0.3 is 0 Å². The maximum absolute atomic E-state index is 13.3. The number of hydrogen-bond acceptors (Lipinski definition) is 3. The second kappa shape index (κ2) is 9.87. The van der Waals surface area contributed by atoms with Crippen molar-refractivity contribution in [3.8, 4) is 0 Å². The van der Waals surface area contributed by atoms with E-state index in [2.05, 4.69) is 20.1 Å². The fourth-order valence-corrected chi connectivity index (χ4v) is 4.02. The van der Waals surface area contributed by atoms with Crippen LogP contribution in [0.25, 0.3) is 0 Å². The molecule has 2 heterocycles. The molecule has 0 aliphatic carbocycles. The van der Waals surface area contributed by atoms with Gasteiger partial charge in [0.05, 0.1) is 6.04 Å². The predicted molar refractivity (Wildman–Crippen MR) is 110 cm³/mol. The van der Waals surface area contributed by atoms with E-state index in [9.17, 15) is 9.18 Å². The number of carbonyl (C=O) groups is 1. The SMILES string of the molecule is CN=C(NCCc1cccc(F)c1)N1CCN(C(C)C(=O)N2CCCC2)CC1. The topological polar surface area (TPSA) is 51.2 Å². The van der Waals surface area contributed by atoms with Crippen LogP contribution in [0, 0.1) is 5.82 Å². The van der Waals surface area contributed by atoms with Gasteiger partial charge in [-0.15, -0.1) is 0 Å². The average Bonchev–Trinajstić information content (AvgIpc) is 3.25. The van der Waals surface area contributed by atoms with Crippen LogP contribution in [0.15, 0.2) is 29.3 Å². The number of likely N-dealkylation sites (tertiary alicyclic amines) is 1. The summed E-state index contributed by atoms with van der Waals surface area (Å²) >= 11 is 0. The summed E-state index contributed by atoms with van der Waals surface area (Å²) in [6.07, 6.45) is 3.01. The molecule has 2 aliphatic heterocycles. The number of aliphatic imine (C=N–C) groups is 1. The van der Waals surface area contributed by atoms with Gasteiger partial charge in [-0.3, -0.25) is 14.7 Å². The molecule has 1 atom stereocenters. The van der Waals surface area contributed by atoms with Gasteiger partial charge in [0, 0.05) is 52.9 Å². The first-order valence-electron chi connectivity index (χ1n) is 10.3. The summed E-state index contributed by atoms with van der Waals surface area (Å²) in [6, 6.07) is 6.66. The van der Waals surface area contributed by atoms with Crippen LogP contribution in [0.4, 0.5) is 4.39 Å². The van der Waals surface area contributed by atoms with E-state index in [1.807, 2.05) is 17.9 Å². The molecule has 6 nitrogen and oxygen atoms in total. The largest absolute Gasteiger partial charge is 0.356 e. The molecule has 2 aliphatic rings. The van der Waals surface area contributed by atoms with Crippen molar-refractivity contribution >= 4 is 11.9 Å². The van der Waals surface area contributed by atoms with Gasteiger partial charge in [0.2, 0.25) is 5.91 Å². The highest BCUT2D eigenvalue weighted by atomic mass is 19.1. The van der Waals surface area contributed by atoms with Crippen molar-refractivity contribution in [2.45, 2.75) is 32.2 Å². The van der Waals surface area contributed by atoms with Crippen LogP contribution >= 0.6 is 0 Å². The zero-order chi connectivity index (χ0) is 19.9. The van der Waals surface area contributed by atoms with E-state index in [-0.39, 0.29) is 17.8 Å². The summed E-state index contributed by atoms with van der Waals surface area (Å²) in [4.78, 5) is 23.5. The van der Waals surface area contributed by atoms with Crippen LogP contribution in [0.5, 0.6) is 0 Å². The minimum Gasteiger partial charge on any atom is -0.356 e. The zero-order valence-electron chi connectivity index (χ0n) is 17.0. The van der Waals surface area contributed by atoms with Gasteiger partial charge < -0.3 is 15.1 Å². The molecule has 3 rings (SSSR count). The van der Waals surface area contributed by atoms with Crippen molar-refractivity contribution in [2.75, 3.05) is 52.9 Å². The molecule has 154 valence electrons. The summed E-state index contributed by atoms with van der Waals surface area (Å²) < 4.78 is 13.3. The number of nitrogens with zero attached hydrogens (tertiary/aromatic N) is 4. The molecule has 28 heavy (non-hydrogen) atoms. The molecular weight excluding hydrogens is 357 g/mol. The fraction of sp³-hybridized carbons (Fsp3) is 0.619. The third-order valence-electron chi connectivity index (χ3n) is 5.73. The number of rotatable bonds is 5. The zero-order valence-corrected chi connectivity index (χ0v) is 17.0. The van der Waals surface area contributed by atoms with E-state index in [1.54, 1.807) is 19.2 Å². The molecule has 0 aromatic heterocycles. The normalized spacial score (nSPS) is 19.8. The summed E-state index contributed by atoms with van der Waals surface area (Å²) in [7, 11) is 1.79. The Balaban J connectivity index is 1.44. The van der Waals surface area contributed by atoms with Gasteiger partial charge in [-0.2, -0.15) is 0 Å². The van der Waals surface area contributed by atoms with Crippen LogP contribution in [0.1, 0.15) is 25.3 Å². The lowest BCUT2D eigenvalue weighted by Crippen LogP contribution is -2.57. The Morgan fingerprint density at radius 1 is 1.14 bits per heavy atom. The van der Waals surface area contributed by atoms with Crippen LogP contribution in [-0.2, 0) is 11.2 Å². The molecule has 0 radical (unpaired) electrons. The van der Waals surface area contributed by atoms with Crippen molar-refractivity contribution in [3.63, 3.8) is 0 Å². The highest BCUT2D eigenvalue weighted by Gasteiger charge is 2.30. The Hall–Kier alpha value is -2.15. The maximum Gasteiger partial charge on any atom is 0.239 e. The summed E-state index contributed by atoms with van der Waals surface area (Å²) in [5.41, 5.74) is 0.974. The molecule has 1 amide bonds. The van der Waals surface area contributed by atoms with Gasteiger partial charge in [-0.05, 0) is 43.9 Å². The number of hydrogen-bond donors (Lipinski definition) is 1. The van der Waals surface area contributed by atoms with Crippen LogP contribution in [0.3, 0.4) is 0 Å². The second-order valence-electron chi connectivity index (χ2n) is 7.59. The van der Waals surface area contributed by atoms with Crippen LogP contribution in [0.2, 0.25) is 0 Å². The Labute approximate surface area is 167 Å². The molecule has 0 saturated carbocycles. The summed E-state index contributed by atoms with van der Waals surface area (Å²) in [6.45, 7) is 7.95. The molecule has 1 N–H and O–H groups in total. The van der Waals surface area contributed by atoms with Crippen molar-refractivity contribution in [2.24, 2.45) is 4.99 Å². The third kappa shape index (κ3) is 5.22. The standard InChI is InChI=1S/C21H32FN5O/c1-17(20(28)26-10-3-4-11-26)25-12-14-27(15-13-25)21(23-2)24-9-8-18-6-5-7-19(22)16-18/h5-7,16-17H,3-4,8-15H2,1-2H3,(H,23,24). The molecule has 0 spiro atoms. The molecular formula is C21H32FN5O. The first-order chi connectivity index (χ1) is 13.6. The van der Waals surface area contributed by atoms with E-state index in [0.717, 1.165) is 70.1 Å². The minimum atomic E-state index is -0.199. The van der Waals surface area contributed by atoms with E-state index in [0.29, 0.717) is 6.54 Å². The molecule has 7 heteroatoms. The molecule has 2 fully saturated rings. The van der Waals surface area contributed by atoms with Gasteiger partial charge in [0.25, 0.3) is 0 Å². The number of carbonyl (C=O) groups excluding carboxylic acids is 1. The Bertz CT molecular complexity index is 681. The van der Waals surface area contributed by atoms with Gasteiger partial charge in [-0.25, -0.2) is 4.39 Å². The number of nitrogens with one attached hydrogen (secondary N) is 1. The van der Waals surface area contributed by atoms with Gasteiger partial charge in [0.15, 0.2) is 5.96 Å². The number of amides is 1. The number of guanidine groups is 1. The van der Waals surface area contributed by atoms with Gasteiger partial charge in [0.1, 0.15) is 5.82 Å². The maximum atomic E-state index is 13.3. The Morgan fingerprint density at radius 2 is 1.86 bits per heavy atom. The number of benzene rings is 1. The Kier molecular flexibility index (Phi) is 7.25. The van der Waals surface area contributed by atoms with Crippen LogP contribution in [-0.4, -0.2) is 85.5 Å². The van der Waals surface area contributed by atoms with E-state index < -0.39 is 0 Å². The number of piperazine rings is 1.